The van der Waals surface area contributed by atoms with Crippen LogP contribution in [-0.4, -0.2) is 34.8 Å². The molecule has 0 aliphatic heterocycles. The van der Waals surface area contributed by atoms with Crippen molar-refractivity contribution >= 4 is 22.7 Å². The van der Waals surface area contributed by atoms with Crippen LogP contribution in [0.5, 0.6) is 0 Å². The Morgan fingerprint density at radius 1 is 1.07 bits per heavy atom. The van der Waals surface area contributed by atoms with Gasteiger partial charge in [0.1, 0.15) is 0 Å². The molecule has 0 aliphatic rings. The van der Waals surface area contributed by atoms with Crippen molar-refractivity contribution in [3.05, 3.63) is 71.4 Å². The third-order valence-corrected chi connectivity index (χ3v) is 4.94. The van der Waals surface area contributed by atoms with Crippen LogP contribution < -0.4 is 5.32 Å². The fourth-order valence-corrected chi connectivity index (χ4v) is 3.26. The molecule has 0 atom stereocenters. The minimum absolute atomic E-state index is 0.0211. The van der Waals surface area contributed by atoms with E-state index in [9.17, 15) is 9.59 Å². The van der Waals surface area contributed by atoms with Gasteiger partial charge in [0.05, 0.1) is 0 Å². The van der Waals surface area contributed by atoms with Crippen molar-refractivity contribution in [1.82, 2.24) is 15.2 Å². The second kappa shape index (κ2) is 9.22. The fraction of sp³-hybridized carbons (Fsp3) is 0.304. The monoisotopic (exact) mass is 377 g/mol. The first kappa shape index (κ1) is 19.7. The van der Waals surface area contributed by atoms with Crippen molar-refractivity contribution in [2.75, 3.05) is 13.1 Å². The molecule has 0 fully saturated rings. The molecule has 1 aromatic heterocycles. The number of hydrogen-bond acceptors (Lipinski definition) is 2. The van der Waals surface area contributed by atoms with E-state index in [1.165, 1.54) is 16.5 Å². The van der Waals surface area contributed by atoms with Gasteiger partial charge in [-0.2, -0.15) is 0 Å². The predicted molar refractivity (Wildman–Crippen MR) is 112 cm³/mol. The second-order valence-electron chi connectivity index (χ2n) is 7.14. The van der Waals surface area contributed by atoms with Crippen molar-refractivity contribution in [2.45, 2.75) is 33.2 Å². The Labute approximate surface area is 165 Å². The molecule has 146 valence electrons. The van der Waals surface area contributed by atoms with Gasteiger partial charge in [0, 0.05) is 50.1 Å². The molecule has 0 aliphatic carbocycles. The van der Waals surface area contributed by atoms with Gasteiger partial charge in [-0.05, 0) is 30.5 Å². The van der Waals surface area contributed by atoms with E-state index < -0.39 is 0 Å². The summed E-state index contributed by atoms with van der Waals surface area (Å²) in [5.41, 5.74) is 4.56. The van der Waals surface area contributed by atoms with E-state index >= 15 is 0 Å². The first-order valence-electron chi connectivity index (χ1n) is 9.65. The number of amides is 2. The largest absolute Gasteiger partial charge is 0.361 e. The standard InChI is InChI=1S/C23H27N3O2/c1-17-7-9-19(10-8-17)16-26(18(2)27)14-12-23(28)24-13-11-20-15-25-22-6-4-3-5-21(20)22/h3-10,15,25H,11-14,16H2,1-2H3,(H,24,28). The van der Waals surface area contributed by atoms with E-state index in [0.29, 0.717) is 26.1 Å². The number of aromatic nitrogens is 1. The highest BCUT2D eigenvalue weighted by Gasteiger charge is 2.12. The van der Waals surface area contributed by atoms with Gasteiger partial charge in [0.2, 0.25) is 11.8 Å². The lowest BCUT2D eigenvalue weighted by Gasteiger charge is -2.21. The normalized spacial score (nSPS) is 10.8. The highest BCUT2D eigenvalue weighted by molar-refractivity contribution is 5.83. The van der Waals surface area contributed by atoms with E-state index in [-0.39, 0.29) is 11.8 Å². The predicted octanol–water partition coefficient (Wildman–Crippen LogP) is 3.57. The molecule has 0 saturated carbocycles. The first-order chi connectivity index (χ1) is 13.5. The Balaban J connectivity index is 1.45. The molecule has 0 radical (unpaired) electrons. The lowest BCUT2D eigenvalue weighted by Crippen LogP contribution is -2.34. The Morgan fingerprint density at radius 3 is 2.57 bits per heavy atom. The Kier molecular flexibility index (Phi) is 6.48. The van der Waals surface area contributed by atoms with Crippen LogP contribution in [0.1, 0.15) is 30.0 Å². The smallest absolute Gasteiger partial charge is 0.221 e. The number of para-hydroxylation sites is 1. The van der Waals surface area contributed by atoms with Crippen LogP contribution in [-0.2, 0) is 22.6 Å². The van der Waals surface area contributed by atoms with Gasteiger partial charge in [-0.3, -0.25) is 9.59 Å². The number of hydrogen-bond donors (Lipinski definition) is 2. The molecule has 5 nitrogen and oxygen atoms in total. The van der Waals surface area contributed by atoms with Gasteiger partial charge in [-0.25, -0.2) is 0 Å². The summed E-state index contributed by atoms with van der Waals surface area (Å²) in [5, 5.41) is 4.15. The summed E-state index contributed by atoms with van der Waals surface area (Å²) in [6.45, 7) is 5.11. The molecule has 2 N–H and O–H groups in total. The zero-order valence-electron chi connectivity index (χ0n) is 16.5. The number of aryl methyl sites for hydroxylation is 1. The van der Waals surface area contributed by atoms with Gasteiger partial charge >= 0.3 is 0 Å². The summed E-state index contributed by atoms with van der Waals surface area (Å²) in [4.78, 5) is 29.1. The zero-order chi connectivity index (χ0) is 19.9. The lowest BCUT2D eigenvalue weighted by molar-refractivity contribution is -0.130. The average Bonchev–Trinajstić information content (AvgIpc) is 3.09. The number of nitrogens with one attached hydrogen (secondary N) is 2. The highest BCUT2D eigenvalue weighted by atomic mass is 16.2. The van der Waals surface area contributed by atoms with E-state index in [1.807, 2.05) is 55.6 Å². The van der Waals surface area contributed by atoms with Crippen LogP contribution in [0.2, 0.25) is 0 Å². The van der Waals surface area contributed by atoms with Crippen LogP contribution >= 0.6 is 0 Å². The molecule has 1 heterocycles. The van der Waals surface area contributed by atoms with Gasteiger partial charge in [0.15, 0.2) is 0 Å². The average molecular weight is 377 g/mol. The van der Waals surface area contributed by atoms with Gasteiger partial charge in [-0.1, -0.05) is 48.0 Å². The van der Waals surface area contributed by atoms with E-state index in [4.69, 9.17) is 0 Å². The summed E-state index contributed by atoms with van der Waals surface area (Å²) in [5.74, 6) is -0.0536. The SMILES string of the molecule is CC(=O)N(CCC(=O)NCCc1c[nH]c2ccccc12)Cc1ccc(C)cc1. The Bertz CT molecular complexity index is 944. The summed E-state index contributed by atoms with van der Waals surface area (Å²) >= 11 is 0. The molecule has 0 spiro atoms. The second-order valence-corrected chi connectivity index (χ2v) is 7.14. The van der Waals surface area contributed by atoms with E-state index in [1.54, 1.807) is 11.8 Å². The van der Waals surface area contributed by atoms with Crippen LogP contribution in [0.4, 0.5) is 0 Å². The van der Waals surface area contributed by atoms with E-state index in [0.717, 1.165) is 17.5 Å². The molecule has 2 amide bonds. The third kappa shape index (κ3) is 5.22. The molecule has 0 bridgehead atoms. The molecular formula is C23H27N3O2. The number of carbonyl (C=O) groups excluding carboxylic acids is 2. The minimum atomic E-state index is -0.0324. The third-order valence-electron chi connectivity index (χ3n) is 4.94. The number of rotatable bonds is 8. The fourth-order valence-electron chi connectivity index (χ4n) is 3.26. The maximum Gasteiger partial charge on any atom is 0.221 e. The Morgan fingerprint density at radius 2 is 1.82 bits per heavy atom. The lowest BCUT2D eigenvalue weighted by atomic mass is 10.1. The molecule has 5 heteroatoms. The minimum Gasteiger partial charge on any atom is -0.361 e. The number of H-pyrrole nitrogens is 1. The number of carbonyl (C=O) groups is 2. The summed E-state index contributed by atoms with van der Waals surface area (Å²) < 4.78 is 0. The van der Waals surface area contributed by atoms with Gasteiger partial charge < -0.3 is 15.2 Å². The molecule has 28 heavy (non-hydrogen) atoms. The van der Waals surface area contributed by atoms with Crippen molar-refractivity contribution in [3.63, 3.8) is 0 Å². The van der Waals surface area contributed by atoms with Crippen LogP contribution in [0, 0.1) is 6.92 Å². The van der Waals surface area contributed by atoms with Crippen molar-refractivity contribution in [3.8, 4) is 0 Å². The van der Waals surface area contributed by atoms with E-state index in [2.05, 4.69) is 16.4 Å². The zero-order valence-corrected chi connectivity index (χ0v) is 16.5. The van der Waals surface area contributed by atoms with Crippen molar-refractivity contribution < 1.29 is 9.59 Å². The molecule has 0 saturated heterocycles. The highest BCUT2D eigenvalue weighted by Crippen LogP contribution is 2.17. The van der Waals surface area contributed by atoms with Crippen molar-refractivity contribution in [2.24, 2.45) is 0 Å². The molecule has 2 aromatic carbocycles. The summed E-state index contributed by atoms with van der Waals surface area (Å²) in [7, 11) is 0. The quantitative estimate of drug-likeness (QED) is 0.630. The number of nitrogens with zero attached hydrogens (tertiary/aromatic N) is 1. The number of benzene rings is 2. The van der Waals surface area contributed by atoms with Crippen LogP contribution in [0.15, 0.2) is 54.7 Å². The molecule has 3 aromatic rings. The maximum atomic E-state index is 12.2. The maximum absolute atomic E-state index is 12.2. The van der Waals surface area contributed by atoms with Crippen LogP contribution in [0.25, 0.3) is 10.9 Å². The summed E-state index contributed by atoms with van der Waals surface area (Å²) in [6, 6.07) is 16.3. The van der Waals surface area contributed by atoms with Crippen molar-refractivity contribution in [1.29, 1.82) is 0 Å². The summed E-state index contributed by atoms with van der Waals surface area (Å²) in [6.07, 6.45) is 3.07. The van der Waals surface area contributed by atoms with Crippen LogP contribution in [0.3, 0.4) is 0 Å². The topological polar surface area (TPSA) is 65.2 Å². The molecule has 0 unspecified atom stereocenters. The molecule has 3 rings (SSSR count). The number of fused-ring (bicyclic) bond motifs is 1. The molecular weight excluding hydrogens is 350 g/mol. The number of aromatic amines is 1. The first-order valence-corrected chi connectivity index (χ1v) is 9.65. The Hall–Kier alpha value is -3.08. The van der Waals surface area contributed by atoms with Gasteiger partial charge in [-0.15, -0.1) is 0 Å². The van der Waals surface area contributed by atoms with Gasteiger partial charge in [0.25, 0.3) is 0 Å².